The average molecular weight is 300 g/mol. The molecule has 0 unspecified atom stereocenters. The Morgan fingerprint density at radius 1 is 1.45 bits per heavy atom. The van der Waals surface area contributed by atoms with E-state index in [4.69, 9.17) is 5.53 Å². The van der Waals surface area contributed by atoms with Gasteiger partial charge in [-0.05, 0) is 34.3 Å². The summed E-state index contributed by atoms with van der Waals surface area (Å²) in [5.41, 5.74) is 8.05. The molecule has 0 fully saturated rings. The lowest BCUT2D eigenvalue weighted by molar-refractivity contribution is -0.389. The van der Waals surface area contributed by atoms with E-state index >= 15 is 0 Å². The number of nitro groups is 1. The summed E-state index contributed by atoms with van der Waals surface area (Å²) in [6.07, 6.45) is 2.00. The third kappa shape index (κ3) is 4.80. The number of nitrogens with one attached hydrogen (secondary N) is 1. The molecule has 0 radical (unpaired) electrons. The maximum Gasteiger partial charge on any atom is 0.363 e. The monoisotopic (exact) mass is 300 g/mol. The van der Waals surface area contributed by atoms with E-state index in [1.54, 1.807) is 0 Å². The number of azide groups is 1. The maximum atomic E-state index is 11.8. The molecule has 20 heavy (non-hydrogen) atoms. The first-order chi connectivity index (χ1) is 9.47. The fourth-order valence-electron chi connectivity index (χ4n) is 1.28. The van der Waals surface area contributed by atoms with Crippen LogP contribution in [-0.2, 0) is 10.0 Å². The van der Waals surface area contributed by atoms with Gasteiger partial charge in [-0.15, -0.1) is 0 Å². The Labute approximate surface area is 114 Å². The quantitative estimate of drug-likeness (QED) is 0.192. The lowest BCUT2D eigenvalue weighted by Gasteiger charge is -2.04. The van der Waals surface area contributed by atoms with Crippen LogP contribution in [0, 0.1) is 10.1 Å². The van der Waals surface area contributed by atoms with Crippen molar-refractivity contribution in [3.63, 3.8) is 0 Å². The normalized spacial score (nSPS) is 10.8. The van der Waals surface area contributed by atoms with Gasteiger partial charge < -0.3 is 10.1 Å². The second kappa shape index (κ2) is 7.38. The minimum Gasteiger partial charge on any atom is -0.358 e. The van der Waals surface area contributed by atoms with Crippen molar-refractivity contribution in [1.82, 2.24) is 9.71 Å². The standard InChI is InChI=1S/C9H12N6O4S/c10-14-12-5-1-2-6-13-20(18,19)8-3-4-9(11-7-8)15(16)17/h3-4,7,13H,1-2,5-6H2. The first-order valence-electron chi connectivity index (χ1n) is 5.58. The third-order valence-electron chi connectivity index (χ3n) is 2.26. The van der Waals surface area contributed by atoms with Gasteiger partial charge in [-0.2, -0.15) is 0 Å². The van der Waals surface area contributed by atoms with E-state index in [1.807, 2.05) is 0 Å². The zero-order valence-corrected chi connectivity index (χ0v) is 11.2. The van der Waals surface area contributed by atoms with Gasteiger partial charge >= 0.3 is 5.82 Å². The molecule has 0 amide bonds. The molecular weight excluding hydrogens is 288 g/mol. The first-order valence-corrected chi connectivity index (χ1v) is 7.06. The van der Waals surface area contributed by atoms with Crippen molar-refractivity contribution in [1.29, 1.82) is 0 Å². The molecule has 0 aliphatic carbocycles. The highest BCUT2D eigenvalue weighted by molar-refractivity contribution is 7.89. The van der Waals surface area contributed by atoms with Crippen molar-refractivity contribution in [2.45, 2.75) is 17.7 Å². The van der Waals surface area contributed by atoms with E-state index in [1.165, 1.54) is 0 Å². The van der Waals surface area contributed by atoms with Gasteiger partial charge in [-0.1, -0.05) is 5.11 Å². The topological polar surface area (TPSA) is 151 Å². The van der Waals surface area contributed by atoms with Gasteiger partial charge in [0.05, 0.1) is 0 Å². The van der Waals surface area contributed by atoms with Crippen molar-refractivity contribution in [2.24, 2.45) is 5.11 Å². The zero-order chi connectivity index (χ0) is 15.0. The predicted molar refractivity (Wildman–Crippen MR) is 69.3 cm³/mol. The predicted octanol–water partition coefficient (Wildman–Crippen LogP) is 1.36. The minimum absolute atomic E-state index is 0.141. The number of pyridine rings is 1. The molecule has 1 heterocycles. The molecule has 0 spiro atoms. The molecule has 10 nitrogen and oxygen atoms in total. The Morgan fingerprint density at radius 2 is 2.20 bits per heavy atom. The molecule has 0 aliphatic rings. The van der Waals surface area contributed by atoms with Gasteiger partial charge in [-0.25, -0.2) is 13.1 Å². The summed E-state index contributed by atoms with van der Waals surface area (Å²) >= 11 is 0. The zero-order valence-electron chi connectivity index (χ0n) is 10.3. The Balaban J connectivity index is 2.55. The SMILES string of the molecule is [N-]=[N+]=NCCCCNS(=O)(=O)c1ccc([N+](=O)[O-])nc1. The van der Waals surface area contributed by atoms with E-state index in [2.05, 4.69) is 19.7 Å². The van der Waals surface area contributed by atoms with E-state index < -0.39 is 20.8 Å². The van der Waals surface area contributed by atoms with Gasteiger partial charge in [0.2, 0.25) is 10.0 Å². The van der Waals surface area contributed by atoms with Crippen LogP contribution in [0.15, 0.2) is 28.3 Å². The lowest BCUT2D eigenvalue weighted by Crippen LogP contribution is -2.25. The number of nitrogens with zero attached hydrogens (tertiary/aromatic N) is 5. The number of unbranched alkanes of at least 4 members (excludes halogenated alkanes) is 1. The summed E-state index contributed by atoms with van der Waals surface area (Å²) in [4.78, 5) is 15.6. The molecule has 108 valence electrons. The highest BCUT2D eigenvalue weighted by atomic mass is 32.2. The Morgan fingerprint density at radius 3 is 2.75 bits per heavy atom. The molecule has 0 saturated heterocycles. The highest BCUT2D eigenvalue weighted by Gasteiger charge is 2.17. The summed E-state index contributed by atoms with van der Waals surface area (Å²) in [5.74, 6) is -0.418. The van der Waals surface area contributed by atoms with Gasteiger partial charge in [0.15, 0.2) is 6.20 Å². The van der Waals surface area contributed by atoms with Gasteiger partial charge in [0, 0.05) is 24.1 Å². The van der Waals surface area contributed by atoms with Crippen molar-refractivity contribution in [3.05, 3.63) is 38.9 Å². The number of hydrogen-bond acceptors (Lipinski definition) is 6. The average Bonchev–Trinajstić information content (AvgIpc) is 2.43. The Hall–Kier alpha value is -2.23. The highest BCUT2D eigenvalue weighted by Crippen LogP contribution is 2.11. The van der Waals surface area contributed by atoms with E-state index in [-0.39, 0.29) is 11.4 Å². The molecule has 1 aromatic heterocycles. The molecule has 11 heteroatoms. The van der Waals surface area contributed by atoms with Crippen molar-refractivity contribution in [3.8, 4) is 0 Å². The molecule has 0 bridgehead atoms. The van der Waals surface area contributed by atoms with E-state index in [9.17, 15) is 18.5 Å². The number of rotatable bonds is 8. The number of hydrogen-bond donors (Lipinski definition) is 1. The minimum atomic E-state index is -3.73. The van der Waals surface area contributed by atoms with Crippen LogP contribution in [0.2, 0.25) is 0 Å². The van der Waals surface area contributed by atoms with Gasteiger partial charge in [-0.3, -0.25) is 0 Å². The smallest absolute Gasteiger partial charge is 0.358 e. The Bertz CT molecular complexity index is 608. The second-order valence-electron chi connectivity index (χ2n) is 3.67. The fourth-order valence-corrected chi connectivity index (χ4v) is 2.30. The van der Waals surface area contributed by atoms with Crippen LogP contribution >= 0.6 is 0 Å². The summed E-state index contributed by atoms with van der Waals surface area (Å²) in [6.45, 7) is 0.484. The third-order valence-corrected chi connectivity index (χ3v) is 3.70. The van der Waals surface area contributed by atoms with Crippen LogP contribution in [0.1, 0.15) is 12.8 Å². The van der Waals surface area contributed by atoms with E-state index in [0.717, 1.165) is 18.3 Å². The Kier molecular flexibility index (Phi) is 5.84. The molecular formula is C9H12N6O4S. The summed E-state index contributed by atoms with van der Waals surface area (Å²) < 4.78 is 25.9. The van der Waals surface area contributed by atoms with Crippen molar-refractivity contribution < 1.29 is 13.3 Å². The first kappa shape index (κ1) is 15.8. The molecule has 1 aromatic rings. The summed E-state index contributed by atoms with van der Waals surface area (Å²) in [6, 6.07) is 2.14. The molecule has 0 aliphatic heterocycles. The van der Waals surface area contributed by atoms with Crippen LogP contribution < -0.4 is 4.72 Å². The van der Waals surface area contributed by atoms with Crippen LogP contribution in [0.3, 0.4) is 0 Å². The fraction of sp³-hybridized carbons (Fsp3) is 0.444. The molecule has 1 N–H and O–H groups in total. The van der Waals surface area contributed by atoms with Crippen LogP contribution in [0.25, 0.3) is 10.4 Å². The molecule has 1 rings (SSSR count). The number of aromatic nitrogens is 1. The second-order valence-corrected chi connectivity index (χ2v) is 5.44. The van der Waals surface area contributed by atoms with E-state index in [0.29, 0.717) is 19.4 Å². The van der Waals surface area contributed by atoms with Crippen molar-refractivity contribution in [2.75, 3.05) is 13.1 Å². The van der Waals surface area contributed by atoms with Crippen molar-refractivity contribution >= 4 is 15.8 Å². The molecule has 0 saturated carbocycles. The van der Waals surface area contributed by atoms with Gasteiger partial charge in [0.1, 0.15) is 4.90 Å². The maximum absolute atomic E-state index is 11.8. The summed E-state index contributed by atoms with van der Waals surface area (Å²) in [5, 5.41) is 13.7. The molecule has 0 aromatic carbocycles. The van der Waals surface area contributed by atoms with Crippen LogP contribution in [0.4, 0.5) is 5.82 Å². The van der Waals surface area contributed by atoms with Crippen LogP contribution in [0.5, 0.6) is 0 Å². The number of sulfonamides is 1. The largest absolute Gasteiger partial charge is 0.363 e. The molecule has 0 atom stereocenters. The lowest BCUT2D eigenvalue weighted by atomic mass is 10.3. The van der Waals surface area contributed by atoms with Crippen LogP contribution in [-0.4, -0.2) is 31.4 Å². The van der Waals surface area contributed by atoms with Gasteiger partial charge in [0.25, 0.3) is 0 Å². The summed E-state index contributed by atoms with van der Waals surface area (Å²) in [7, 11) is -3.73.